The molecule has 1 N–H and O–H groups in total. The first-order valence-electron chi connectivity index (χ1n) is 7.67. The van der Waals surface area contributed by atoms with Crippen molar-refractivity contribution in [3.8, 4) is 5.88 Å². The van der Waals surface area contributed by atoms with E-state index in [1.165, 1.54) is 19.5 Å². The van der Waals surface area contributed by atoms with Crippen LogP contribution in [0.25, 0.3) is 0 Å². The Morgan fingerprint density at radius 3 is 2.91 bits per heavy atom. The van der Waals surface area contributed by atoms with Crippen molar-refractivity contribution in [3.63, 3.8) is 0 Å². The molecule has 1 unspecified atom stereocenters. The largest absolute Gasteiger partial charge is 0.480 e. The van der Waals surface area contributed by atoms with Gasteiger partial charge in [-0.15, -0.1) is 11.8 Å². The Morgan fingerprint density at radius 1 is 1.43 bits per heavy atom. The third-order valence-corrected chi connectivity index (χ3v) is 5.86. The summed E-state index contributed by atoms with van der Waals surface area (Å²) in [6.07, 6.45) is 4.05. The summed E-state index contributed by atoms with van der Waals surface area (Å²) in [6.45, 7) is 3.18. The van der Waals surface area contributed by atoms with Gasteiger partial charge in [-0.05, 0) is 6.42 Å². The number of carbonyl (C=O) groups excluding carboxylic acids is 1. The number of nitrogens with zero attached hydrogens (tertiary/aromatic N) is 3. The van der Waals surface area contributed by atoms with Crippen LogP contribution in [0.5, 0.6) is 5.88 Å². The van der Waals surface area contributed by atoms with Gasteiger partial charge < -0.3 is 19.7 Å². The van der Waals surface area contributed by atoms with Gasteiger partial charge in [-0.3, -0.25) is 4.79 Å². The van der Waals surface area contributed by atoms with E-state index in [1.54, 1.807) is 7.11 Å². The van der Waals surface area contributed by atoms with E-state index >= 15 is 0 Å². The fourth-order valence-electron chi connectivity index (χ4n) is 3.05. The summed E-state index contributed by atoms with van der Waals surface area (Å²) in [5.74, 6) is 1.45. The number of hydrogen-bond donors (Lipinski definition) is 1. The summed E-state index contributed by atoms with van der Waals surface area (Å²) >= 11 is 1.97. The third kappa shape index (κ3) is 3.59. The first-order chi connectivity index (χ1) is 11.2. The number of likely N-dealkylation sites (tertiary alicyclic amines) is 1. The summed E-state index contributed by atoms with van der Waals surface area (Å²) in [7, 11) is 3.24. The van der Waals surface area contributed by atoms with E-state index in [1.807, 2.05) is 16.7 Å². The number of rotatable bonds is 6. The molecule has 2 aliphatic rings. The average molecular weight is 338 g/mol. The van der Waals surface area contributed by atoms with Crippen LogP contribution >= 0.6 is 11.8 Å². The lowest BCUT2D eigenvalue weighted by Gasteiger charge is -2.47. The van der Waals surface area contributed by atoms with Crippen molar-refractivity contribution in [2.24, 2.45) is 0 Å². The molecule has 1 amide bonds. The predicted molar refractivity (Wildman–Crippen MR) is 88.0 cm³/mol. The predicted octanol–water partition coefficient (Wildman–Crippen LogP) is 0.421. The van der Waals surface area contributed by atoms with Crippen molar-refractivity contribution < 1.29 is 14.3 Å². The van der Waals surface area contributed by atoms with Crippen LogP contribution < -0.4 is 10.1 Å². The van der Waals surface area contributed by atoms with E-state index in [0.29, 0.717) is 17.6 Å². The van der Waals surface area contributed by atoms with Gasteiger partial charge in [-0.1, -0.05) is 0 Å². The third-order valence-electron chi connectivity index (χ3n) is 4.25. The van der Waals surface area contributed by atoms with Crippen molar-refractivity contribution in [3.05, 3.63) is 18.1 Å². The van der Waals surface area contributed by atoms with Gasteiger partial charge in [0.15, 0.2) is 0 Å². The molecule has 0 aliphatic carbocycles. The minimum Gasteiger partial charge on any atom is -0.480 e. The Morgan fingerprint density at radius 2 is 2.26 bits per heavy atom. The monoisotopic (exact) mass is 338 g/mol. The highest BCUT2D eigenvalue weighted by Gasteiger charge is 2.50. The topological polar surface area (TPSA) is 76.6 Å². The number of carbonyl (C=O) groups is 1. The zero-order valence-electron chi connectivity index (χ0n) is 13.4. The van der Waals surface area contributed by atoms with Gasteiger partial charge in [0, 0.05) is 38.5 Å². The summed E-state index contributed by atoms with van der Waals surface area (Å²) in [5, 5.41) is 3.51. The molecule has 7 nitrogen and oxygen atoms in total. The van der Waals surface area contributed by atoms with Crippen molar-refractivity contribution in [1.29, 1.82) is 0 Å². The average Bonchev–Trinajstić information content (AvgIpc) is 2.98. The van der Waals surface area contributed by atoms with Gasteiger partial charge in [0.1, 0.15) is 5.69 Å². The zero-order valence-corrected chi connectivity index (χ0v) is 14.3. The maximum Gasteiger partial charge on any atom is 0.274 e. The van der Waals surface area contributed by atoms with Gasteiger partial charge in [-0.25, -0.2) is 9.97 Å². The minimum atomic E-state index is -0.0535. The molecule has 2 saturated heterocycles. The lowest BCUT2D eigenvalue weighted by Crippen LogP contribution is -2.61. The van der Waals surface area contributed by atoms with Crippen LogP contribution in [0.2, 0.25) is 0 Å². The van der Waals surface area contributed by atoms with Gasteiger partial charge >= 0.3 is 0 Å². The second kappa shape index (κ2) is 7.02. The Balaban J connectivity index is 1.49. The lowest BCUT2D eigenvalue weighted by molar-refractivity contribution is 0.0545. The quantitative estimate of drug-likeness (QED) is 0.753. The van der Waals surface area contributed by atoms with E-state index in [4.69, 9.17) is 9.47 Å². The smallest absolute Gasteiger partial charge is 0.274 e. The normalized spacial score (nSPS) is 22.2. The summed E-state index contributed by atoms with van der Waals surface area (Å²) < 4.78 is 10.2. The van der Waals surface area contributed by atoms with Crippen LogP contribution in [0.3, 0.4) is 0 Å². The highest BCUT2D eigenvalue weighted by molar-refractivity contribution is 8.01. The lowest BCUT2D eigenvalue weighted by atomic mass is 9.91. The molecule has 1 spiro atoms. The molecule has 3 rings (SSSR count). The van der Waals surface area contributed by atoms with E-state index in [9.17, 15) is 4.79 Å². The van der Waals surface area contributed by atoms with E-state index in [0.717, 1.165) is 38.4 Å². The van der Waals surface area contributed by atoms with Crippen LogP contribution in [0.15, 0.2) is 12.4 Å². The van der Waals surface area contributed by atoms with Crippen LogP contribution in [-0.2, 0) is 4.74 Å². The number of ether oxygens (including phenoxy) is 2. The Labute approximate surface area is 140 Å². The highest BCUT2D eigenvalue weighted by Crippen LogP contribution is 2.45. The fourth-order valence-corrected chi connectivity index (χ4v) is 4.65. The van der Waals surface area contributed by atoms with E-state index in [2.05, 4.69) is 15.3 Å². The van der Waals surface area contributed by atoms with Crippen LogP contribution in [-0.4, -0.2) is 77.8 Å². The van der Waals surface area contributed by atoms with Crippen molar-refractivity contribution >= 4 is 17.7 Å². The highest BCUT2D eigenvalue weighted by atomic mass is 32.2. The number of methoxy groups -OCH3 is 2. The number of hydrogen-bond acceptors (Lipinski definition) is 7. The SMILES string of the molecule is COCCNC1CSC2(C1)CN(C(=O)c1cnc(OC)cn1)C2. The molecule has 126 valence electrons. The molecule has 8 heteroatoms. The van der Waals surface area contributed by atoms with Gasteiger partial charge in [-0.2, -0.15) is 0 Å². The molecule has 23 heavy (non-hydrogen) atoms. The summed E-state index contributed by atoms with van der Waals surface area (Å²) in [6, 6.07) is 0.508. The molecule has 0 radical (unpaired) electrons. The minimum absolute atomic E-state index is 0.0535. The van der Waals surface area contributed by atoms with Crippen LogP contribution in [0.4, 0.5) is 0 Å². The maximum atomic E-state index is 12.4. The number of thioether (sulfide) groups is 1. The van der Waals surface area contributed by atoms with Crippen molar-refractivity contribution in [2.45, 2.75) is 17.2 Å². The molecule has 2 aliphatic heterocycles. The van der Waals surface area contributed by atoms with Crippen molar-refractivity contribution in [2.75, 3.05) is 46.2 Å². The van der Waals surface area contributed by atoms with E-state index in [-0.39, 0.29) is 10.7 Å². The molecule has 2 fully saturated rings. The molecular formula is C15H22N4O3S. The summed E-state index contributed by atoms with van der Waals surface area (Å²) in [4.78, 5) is 22.4. The molecule has 1 aromatic heterocycles. The van der Waals surface area contributed by atoms with Crippen LogP contribution in [0.1, 0.15) is 16.9 Å². The first-order valence-corrected chi connectivity index (χ1v) is 8.66. The van der Waals surface area contributed by atoms with Crippen molar-refractivity contribution in [1.82, 2.24) is 20.2 Å². The Hall–Kier alpha value is -1.38. The summed E-state index contributed by atoms with van der Waals surface area (Å²) in [5.41, 5.74) is 0.374. The molecular weight excluding hydrogens is 316 g/mol. The van der Waals surface area contributed by atoms with E-state index < -0.39 is 0 Å². The molecule has 1 atom stereocenters. The molecule has 0 saturated carbocycles. The second-order valence-corrected chi connectivity index (χ2v) is 7.44. The Bertz CT molecular complexity index is 548. The molecule has 0 bridgehead atoms. The second-order valence-electron chi connectivity index (χ2n) is 5.95. The number of aromatic nitrogens is 2. The zero-order chi connectivity index (χ0) is 16.3. The fraction of sp³-hybridized carbons (Fsp3) is 0.667. The molecule has 3 heterocycles. The first kappa shape index (κ1) is 16.5. The van der Waals surface area contributed by atoms with Crippen LogP contribution in [0, 0.1) is 0 Å². The van der Waals surface area contributed by atoms with Gasteiger partial charge in [0.2, 0.25) is 5.88 Å². The number of amides is 1. The molecule has 1 aromatic rings. The molecule has 0 aromatic carbocycles. The Kier molecular flexibility index (Phi) is 5.03. The number of nitrogens with one attached hydrogen (secondary N) is 1. The standard InChI is InChI=1S/C15H22N4O3S/c1-21-4-3-16-11-5-15(23-8-11)9-19(10-15)14(20)12-6-18-13(22-2)7-17-12/h6-7,11,16H,3-5,8-10H2,1-2H3. The van der Waals surface area contributed by atoms with Gasteiger partial charge in [0.05, 0.1) is 30.9 Å². The van der Waals surface area contributed by atoms with Gasteiger partial charge in [0.25, 0.3) is 5.91 Å². The maximum absolute atomic E-state index is 12.4.